The van der Waals surface area contributed by atoms with Gasteiger partial charge in [0, 0.05) is 96.4 Å². The first-order valence-corrected chi connectivity index (χ1v) is 17.6. The van der Waals surface area contributed by atoms with Gasteiger partial charge in [-0.1, -0.05) is 132 Å². The van der Waals surface area contributed by atoms with Gasteiger partial charge in [-0.3, -0.25) is 0 Å². The van der Waals surface area contributed by atoms with E-state index in [0.717, 1.165) is 33.8 Å². The monoisotopic (exact) mass is 688 g/mol. The number of nitrogens with zero attached hydrogens (tertiary/aromatic N) is 4. The first-order valence-electron chi connectivity index (χ1n) is 16.8. The zero-order chi connectivity index (χ0) is 33.9. The van der Waals surface area contributed by atoms with Crippen molar-refractivity contribution in [1.29, 1.82) is 0 Å². The average molecular weight is 690 g/mol. The van der Waals surface area contributed by atoms with E-state index < -0.39 is 0 Å². The lowest BCUT2D eigenvalue weighted by Gasteiger charge is -2.24. The van der Waals surface area contributed by atoms with Gasteiger partial charge in [0.2, 0.25) is 0 Å². The zero-order valence-electron chi connectivity index (χ0n) is 27.8. The maximum absolute atomic E-state index is 6.81. The molecule has 10 rings (SSSR count). The molecule has 0 N–H and O–H groups in total. The molecule has 0 atom stereocenters. The van der Waals surface area contributed by atoms with Crippen LogP contribution in [0, 0.1) is 0 Å². The fraction of sp³-hybridized carbons (Fsp3) is 0.0909. The molecule has 0 aromatic heterocycles. The van der Waals surface area contributed by atoms with Crippen LogP contribution in [0.3, 0.4) is 0 Å². The second-order valence-electron chi connectivity index (χ2n) is 13.3. The molecule has 0 aliphatic carbocycles. The Hall–Kier alpha value is -5.42. The topological polar surface area (TPSA) is 13.0 Å². The average Bonchev–Trinajstić information content (AvgIpc) is 3.13. The van der Waals surface area contributed by atoms with Crippen molar-refractivity contribution in [2.75, 3.05) is 14.1 Å². The molecule has 0 spiro atoms. The molecule has 0 saturated heterocycles. The molecule has 244 valence electrons. The summed E-state index contributed by atoms with van der Waals surface area (Å²) in [6.07, 6.45) is 13.0. The number of benzene rings is 6. The predicted molar refractivity (Wildman–Crippen MR) is 210 cm³/mol. The van der Waals surface area contributed by atoms with Gasteiger partial charge in [0.15, 0.2) is 0 Å². The lowest BCUT2D eigenvalue weighted by molar-refractivity contribution is 0.577. The van der Waals surface area contributed by atoms with Gasteiger partial charge in [0.05, 0.1) is 0 Å². The molecular formula is C44H34Cl2N4. The Balaban J connectivity index is 0.000000135. The molecule has 4 aliphatic rings. The maximum atomic E-state index is 6.81. The van der Waals surface area contributed by atoms with Crippen LogP contribution in [0.1, 0.15) is 11.1 Å². The van der Waals surface area contributed by atoms with Crippen LogP contribution in [0.2, 0.25) is 0 Å². The molecule has 0 saturated carbocycles. The molecule has 0 amide bonds. The van der Waals surface area contributed by atoms with Crippen molar-refractivity contribution in [1.82, 2.24) is 19.6 Å². The van der Waals surface area contributed by atoms with Gasteiger partial charge >= 0.3 is 0 Å². The van der Waals surface area contributed by atoms with Crippen LogP contribution in [0.5, 0.6) is 0 Å². The Morgan fingerprint density at radius 1 is 0.380 bits per heavy atom. The molecule has 4 heterocycles. The Labute approximate surface area is 299 Å². The highest BCUT2D eigenvalue weighted by Gasteiger charge is 2.17. The second kappa shape index (κ2) is 12.2. The normalized spacial score (nSPS) is 14.9. The summed E-state index contributed by atoms with van der Waals surface area (Å²) in [6.45, 7) is 1.54. The quantitative estimate of drug-likeness (QED) is 0.263. The predicted octanol–water partition coefficient (Wildman–Crippen LogP) is 3.64. The molecule has 4 nitrogen and oxygen atoms in total. The van der Waals surface area contributed by atoms with E-state index in [1.54, 1.807) is 0 Å². The van der Waals surface area contributed by atoms with Crippen LogP contribution in [0.25, 0.3) is 69.1 Å². The highest BCUT2D eigenvalue weighted by molar-refractivity contribution is 6.45. The third kappa shape index (κ3) is 5.24. The molecular weight excluding hydrogens is 655 g/mol. The fourth-order valence-electron chi connectivity index (χ4n) is 7.64. The van der Waals surface area contributed by atoms with Crippen LogP contribution < -0.4 is 41.7 Å². The van der Waals surface area contributed by atoms with Crippen LogP contribution in [0.4, 0.5) is 0 Å². The van der Waals surface area contributed by atoms with Crippen LogP contribution in [0.15, 0.2) is 109 Å². The molecule has 0 bridgehead atoms. The molecule has 50 heavy (non-hydrogen) atoms. The number of hydrogen-bond acceptors (Lipinski definition) is 4. The van der Waals surface area contributed by atoms with Crippen molar-refractivity contribution in [3.63, 3.8) is 0 Å². The number of hydrogen-bond donors (Lipinski definition) is 0. The summed E-state index contributed by atoms with van der Waals surface area (Å²) in [5.41, 5.74) is 2.49. The second-order valence-corrected chi connectivity index (χ2v) is 14.0. The Bertz CT molecular complexity index is 2650. The van der Waals surface area contributed by atoms with Crippen molar-refractivity contribution < 1.29 is 0 Å². The summed E-state index contributed by atoms with van der Waals surface area (Å²) in [4.78, 5) is 8.50. The van der Waals surface area contributed by atoms with E-state index in [4.69, 9.17) is 23.2 Å². The maximum Gasteiger partial charge on any atom is 0.117 e. The molecule has 0 radical (unpaired) electrons. The minimum atomic E-state index is 0.769. The highest BCUT2D eigenvalue weighted by atomic mass is 35.5. The Kier molecular flexibility index (Phi) is 7.45. The van der Waals surface area contributed by atoms with E-state index in [1.165, 1.54) is 64.0 Å². The first-order chi connectivity index (χ1) is 24.4. The van der Waals surface area contributed by atoms with E-state index in [2.05, 4.69) is 168 Å². The van der Waals surface area contributed by atoms with Crippen molar-refractivity contribution in [2.45, 2.75) is 13.1 Å². The van der Waals surface area contributed by atoms with Crippen molar-refractivity contribution >= 4 is 92.3 Å². The largest absolute Gasteiger partial charge is 0.356 e. The molecule has 0 unspecified atom stereocenters. The van der Waals surface area contributed by atoms with Crippen molar-refractivity contribution in [3.8, 4) is 0 Å². The minimum Gasteiger partial charge on any atom is -0.356 e. The number of halogens is 2. The SMILES string of the molecule is CN1C=c2ccc3c4c(ccc(c24)=C1)=C(Cl)N(Cc1ccccc1)C=3.CN1C=c2ccc3c4c(ccc(c24)=C1)=C(Cl)N(Cc1ccccc1)C=3. The van der Waals surface area contributed by atoms with E-state index in [-0.39, 0.29) is 0 Å². The van der Waals surface area contributed by atoms with Gasteiger partial charge in [0.1, 0.15) is 10.3 Å². The fourth-order valence-corrected chi connectivity index (χ4v) is 8.17. The number of rotatable bonds is 4. The van der Waals surface area contributed by atoms with E-state index >= 15 is 0 Å². The molecule has 6 aromatic carbocycles. The van der Waals surface area contributed by atoms with Gasteiger partial charge in [-0.15, -0.1) is 0 Å². The van der Waals surface area contributed by atoms with Gasteiger partial charge in [-0.25, -0.2) is 0 Å². The molecule has 6 aromatic rings. The third-order valence-corrected chi connectivity index (χ3v) is 10.7. The lowest BCUT2D eigenvalue weighted by atomic mass is 9.99. The van der Waals surface area contributed by atoms with E-state index in [9.17, 15) is 0 Å². The van der Waals surface area contributed by atoms with Crippen molar-refractivity contribution in [3.05, 3.63) is 162 Å². The summed E-state index contributed by atoms with van der Waals surface area (Å²) >= 11 is 13.6. The smallest absolute Gasteiger partial charge is 0.117 e. The van der Waals surface area contributed by atoms with Gasteiger partial charge < -0.3 is 19.6 Å². The van der Waals surface area contributed by atoms with E-state index in [0.29, 0.717) is 0 Å². The summed E-state index contributed by atoms with van der Waals surface area (Å²) in [5, 5.41) is 16.3. The third-order valence-electron chi connectivity index (χ3n) is 9.82. The lowest BCUT2D eigenvalue weighted by Crippen LogP contribution is -2.36. The minimum absolute atomic E-state index is 0.769. The van der Waals surface area contributed by atoms with Gasteiger partial charge in [-0.05, 0) is 42.4 Å². The summed E-state index contributed by atoms with van der Waals surface area (Å²) in [5.74, 6) is 0. The molecule has 6 heteroatoms. The highest BCUT2D eigenvalue weighted by Crippen LogP contribution is 2.20. The van der Waals surface area contributed by atoms with Crippen LogP contribution in [-0.4, -0.2) is 33.7 Å². The van der Waals surface area contributed by atoms with Crippen LogP contribution in [-0.2, 0) is 13.1 Å². The molecule has 0 fully saturated rings. The summed E-state index contributed by atoms with van der Waals surface area (Å²) in [7, 11) is 4.13. The Morgan fingerprint density at radius 3 is 1.06 bits per heavy atom. The summed E-state index contributed by atoms with van der Waals surface area (Å²) in [6, 6.07) is 38.3. The Morgan fingerprint density at radius 2 is 0.700 bits per heavy atom. The van der Waals surface area contributed by atoms with E-state index in [1.807, 2.05) is 12.1 Å². The summed E-state index contributed by atoms with van der Waals surface area (Å²) < 4.78 is 0. The van der Waals surface area contributed by atoms with Crippen LogP contribution >= 0.6 is 23.2 Å². The molecule has 4 aliphatic heterocycles. The van der Waals surface area contributed by atoms with Gasteiger partial charge in [0.25, 0.3) is 0 Å². The van der Waals surface area contributed by atoms with Crippen molar-refractivity contribution in [2.24, 2.45) is 0 Å². The zero-order valence-corrected chi connectivity index (χ0v) is 29.3. The van der Waals surface area contributed by atoms with Gasteiger partial charge in [-0.2, -0.15) is 0 Å². The first kappa shape index (κ1) is 30.6. The standard InChI is InChI=1S/2C22H17ClN2/c2*1-24-12-16-7-8-18-14-25(11-15-5-3-2-4-6-15)22(23)19-10-9-17(13-24)20(16)21(18)19/h2*2-10,12-14H,11H2,1H3.